The standard InChI is InChI=1S/C14H12N2OS/c1-9(17)6-14-15-7-12(16-14)11-8-18-13-5-3-2-4-10(11)13/h2-5,7-8H,6H2,1H3,(H,15,16). The highest BCUT2D eigenvalue weighted by molar-refractivity contribution is 7.17. The van der Waals surface area contributed by atoms with E-state index in [2.05, 4.69) is 27.5 Å². The van der Waals surface area contributed by atoms with Crippen LogP contribution in [0.5, 0.6) is 0 Å². The van der Waals surface area contributed by atoms with Gasteiger partial charge >= 0.3 is 0 Å². The van der Waals surface area contributed by atoms with E-state index in [9.17, 15) is 4.79 Å². The van der Waals surface area contributed by atoms with Gasteiger partial charge in [0.2, 0.25) is 0 Å². The molecule has 0 aliphatic rings. The van der Waals surface area contributed by atoms with Gasteiger partial charge in [0.05, 0.1) is 18.3 Å². The van der Waals surface area contributed by atoms with Gasteiger partial charge in [-0.15, -0.1) is 11.3 Å². The van der Waals surface area contributed by atoms with Crippen LogP contribution in [0.15, 0.2) is 35.8 Å². The van der Waals surface area contributed by atoms with Gasteiger partial charge in [-0.2, -0.15) is 0 Å². The fraction of sp³-hybridized carbons (Fsp3) is 0.143. The highest BCUT2D eigenvalue weighted by Gasteiger charge is 2.09. The van der Waals surface area contributed by atoms with Gasteiger partial charge < -0.3 is 4.98 Å². The summed E-state index contributed by atoms with van der Waals surface area (Å²) < 4.78 is 1.26. The van der Waals surface area contributed by atoms with E-state index in [1.165, 1.54) is 10.1 Å². The van der Waals surface area contributed by atoms with Crippen LogP contribution in [0.25, 0.3) is 21.3 Å². The van der Waals surface area contributed by atoms with E-state index in [-0.39, 0.29) is 5.78 Å². The molecule has 0 spiro atoms. The molecule has 90 valence electrons. The molecule has 2 heterocycles. The molecular weight excluding hydrogens is 244 g/mol. The molecular formula is C14H12N2OS. The van der Waals surface area contributed by atoms with Gasteiger partial charge in [0.1, 0.15) is 11.6 Å². The summed E-state index contributed by atoms with van der Waals surface area (Å²) in [5, 5.41) is 3.34. The number of aromatic nitrogens is 2. The average molecular weight is 256 g/mol. The highest BCUT2D eigenvalue weighted by atomic mass is 32.1. The lowest BCUT2D eigenvalue weighted by Crippen LogP contribution is -1.97. The molecule has 4 heteroatoms. The zero-order valence-electron chi connectivity index (χ0n) is 9.93. The van der Waals surface area contributed by atoms with E-state index in [4.69, 9.17) is 0 Å². The number of imidazole rings is 1. The van der Waals surface area contributed by atoms with Crippen LogP contribution in [0.3, 0.4) is 0 Å². The number of fused-ring (bicyclic) bond motifs is 1. The van der Waals surface area contributed by atoms with Crippen molar-refractivity contribution >= 4 is 27.2 Å². The largest absolute Gasteiger partial charge is 0.342 e. The van der Waals surface area contributed by atoms with Gasteiger partial charge in [-0.05, 0) is 13.0 Å². The monoisotopic (exact) mass is 256 g/mol. The van der Waals surface area contributed by atoms with E-state index >= 15 is 0 Å². The minimum Gasteiger partial charge on any atom is -0.342 e. The number of rotatable bonds is 3. The normalized spacial score (nSPS) is 10.9. The maximum absolute atomic E-state index is 11.1. The second-order valence-electron chi connectivity index (χ2n) is 4.27. The summed E-state index contributed by atoms with van der Waals surface area (Å²) in [4.78, 5) is 18.5. The third-order valence-corrected chi connectivity index (χ3v) is 3.78. The molecule has 3 aromatic rings. The van der Waals surface area contributed by atoms with Gasteiger partial charge in [-0.1, -0.05) is 18.2 Å². The van der Waals surface area contributed by atoms with Crippen LogP contribution < -0.4 is 0 Å². The van der Waals surface area contributed by atoms with Gasteiger partial charge in [0.25, 0.3) is 0 Å². The molecule has 0 atom stereocenters. The van der Waals surface area contributed by atoms with Crippen molar-refractivity contribution in [3.05, 3.63) is 41.7 Å². The van der Waals surface area contributed by atoms with Crippen LogP contribution in [0.2, 0.25) is 0 Å². The molecule has 0 fully saturated rings. The second-order valence-corrected chi connectivity index (χ2v) is 5.18. The smallest absolute Gasteiger partial charge is 0.137 e. The third kappa shape index (κ3) is 1.95. The van der Waals surface area contributed by atoms with Crippen LogP contribution in [-0.4, -0.2) is 15.8 Å². The molecule has 0 unspecified atom stereocenters. The van der Waals surface area contributed by atoms with Gasteiger partial charge in [0.15, 0.2) is 0 Å². The number of ketones is 1. The Morgan fingerprint density at radius 3 is 3.06 bits per heavy atom. The van der Waals surface area contributed by atoms with Crippen molar-refractivity contribution in [1.29, 1.82) is 0 Å². The number of benzene rings is 1. The Labute approximate surface area is 108 Å². The first kappa shape index (κ1) is 11.2. The van der Waals surface area contributed by atoms with Crippen molar-refractivity contribution in [2.75, 3.05) is 0 Å². The number of H-pyrrole nitrogens is 1. The number of hydrogen-bond acceptors (Lipinski definition) is 3. The number of nitrogens with one attached hydrogen (secondary N) is 1. The minimum atomic E-state index is 0.117. The fourth-order valence-corrected chi connectivity index (χ4v) is 2.97. The summed E-state index contributed by atoms with van der Waals surface area (Å²) in [5.74, 6) is 0.846. The molecule has 0 saturated heterocycles. The van der Waals surface area contributed by atoms with E-state index < -0.39 is 0 Å². The summed E-state index contributed by atoms with van der Waals surface area (Å²) in [7, 11) is 0. The number of aromatic amines is 1. The van der Waals surface area contributed by atoms with Crippen molar-refractivity contribution in [1.82, 2.24) is 9.97 Å². The van der Waals surface area contributed by atoms with Crippen LogP contribution in [0.4, 0.5) is 0 Å². The summed E-state index contributed by atoms with van der Waals surface area (Å²) >= 11 is 1.72. The molecule has 0 aliphatic carbocycles. The summed E-state index contributed by atoms with van der Waals surface area (Å²) in [6.45, 7) is 1.57. The zero-order chi connectivity index (χ0) is 12.5. The van der Waals surface area contributed by atoms with Crippen molar-refractivity contribution in [2.24, 2.45) is 0 Å². The van der Waals surface area contributed by atoms with Crippen molar-refractivity contribution in [2.45, 2.75) is 13.3 Å². The number of hydrogen-bond donors (Lipinski definition) is 1. The topological polar surface area (TPSA) is 45.8 Å². The SMILES string of the molecule is CC(=O)Cc1ncc(-c2csc3ccccc23)[nH]1. The lowest BCUT2D eigenvalue weighted by Gasteiger charge is -1.95. The molecule has 2 aromatic heterocycles. The molecule has 0 aliphatic heterocycles. The molecule has 3 rings (SSSR count). The van der Waals surface area contributed by atoms with Crippen molar-refractivity contribution in [3.63, 3.8) is 0 Å². The molecule has 18 heavy (non-hydrogen) atoms. The Morgan fingerprint density at radius 2 is 2.22 bits per heavy atom. The Bertz CT molecular complexity index is 711. The Balaban J connectivity index is 2.04. The Morgan fingerprint density at radius 1 is 1.39 bits per heavy atom. The number of nitrogens with zero attached hydrogens (tertiary/aromatic N) is 1. The average Bonchev–Trinajstić information content (AvgIpc) is 2.94. The van der Waals surface area contributed by atoms with E-state index in [1.54, 1.807) is 24.5 Å². The quantitative estimate of drug-likeness (QED) is 0.780. The summed E-state index contributed by atoms with van der Waals surface area (Å²) in [6, 6.07) is 8.28. The maximum atomic E-state index is 11.1. The maximum Gasteiger partial charge on any atom is 0.137 e. The lowest BCUT2D eigenvalue weighted by atomic mass is 10.1. The van der Waals surface area contributed by atoms with Crippen molar-refractivity contribution < 1.29 is 4.79 Å². The van der Waals surface area contributed by atoms with Crippen molar-refractivity contribution in [3.8, 4) is 11.3 Å². The van der Waals surface area contributed by atoms with Crippen LogP contribution >= 0.6 is 11.3 Å². The summed E-state index contributed by atoms with van der Waals surface area (Å²) in [5.41, 5.74) is 2.13. The van der Waals surface area contributed by atoms with Crippen LogP contribution in [0.1, 0.15) is 12.7 Å². The first-order chi connectivity index (χ1) is 8.74. The second kappa shape index (κ2) is 4.38. The first-order valence-corrected chi connectivity index (χ1v) is 6.62. The minimum absolute atomic E-state index is 0.117. The lowest BCUT2D eigenvalue weighted by molar-refractivity contribution is -0.116. The third-order valence-electron chi connectivity index (χ3n) is 2.82. The molecule has 3 nitrogen and oxygen atoms in total. The number of carbonyl (C=O) groups is 1. The predicted molar refractivity (Wildman–Crippen MR) is 73.8 cm³/mol. The van der Waals surface area contributed by atoms with Gasteiger partial charge in [-0.25, -0.2) is 4.98 Å². The number of thiophene rings is 1. The first-order valence-electron chi connectivity index (χ1n) is 5.74. The van der Waals surface area contributed by atoms with E-state index in [1.807, 2.05) is 12.1 Å². The number of carbonyl (C=O) groups excluding carboxylic acids is 1. The molecule has 0 saturated carbocycles. The fourth-order valence-electron chi connectivity index (χ4n) is 2.01. The zero-order valence-corrected chi connectivity index (χ0v) is 10.8. The van der Waals surface area contributed by atoms with E-state index in [0.29, 0.717) is 6.42 Å². The highest BCUT2D eigenvalue weighted by Crippen LogP contribution is 2.32. The Hall–Kier alpha value is -1.94. The van der Waals surface area contributed by atoms with E-state index in [0.717, 1.165) is 17.1 Å². The molecule has 0 bridgehead atoms. The van der Waals surface area contributed by atoms with Crippen LogP contribution in [-0.2, 0) is 11.2 Å². The molecule has 1 N–H and O–H groups in total. The number of Topliss-reactive ketones (excluding diaryl/α,β-unsaturated/α-hetero) is 1. The van der Waals surface area contributed by atoms with Gasteiger partial charge in [-0.3, -0.25) is 4.79 Å². The molecule has 1 aromatic carbocycles. The predicted octanol–water partition coefficient (Wildman–Crippen LogP) is 3.42. The summed E-state index contributed by atoms with van der Waals surface area (Å²) in [6.07, 6.45) is 2.16. The van der Waals surface area contributed by atoms with Gasteiger partial charge in [0, 0.05) is 21.0 Å². The van der Waals surface area contributed by atoms with Crippen LogP contribution in [0, 0.1) is 0 Å². The molecule has 0 amide bonds. The molecule has 0 radical (unpaired) electrons. The Kier molecular flexibility index (Phi) is 2.72.